The van der Waals surface area contributed by atoms with Crippen LogP contribution in [0.2, 0.25) is 10.0 Å². The maximum atomic E-state index is 12.8. The number of H-pyrrole nitrogens is 1. The van der Waals surface area contributed by atoms with E-state index in [9.17, 15) is 9.59 Å². The number of hydrogen-bond acceptors (Lipinski definition) is 3. The average Bonchev–Trinajstić information content (AvgIpc) is 3.15. The molecule has 0 radical (unpaired) electrons. The molecule has 6 nitrogen and oxygen atoms in total. The van der Waals surface area contributed by atoms with Gasteiger partial charge in [-0.05, 0) is 61.4 Å². The quantitative estimate of drug-likeness (QED) is 0.242. The van der Waals surface area contributed by atoms with Crippen LogP contribution in [0.1, 0.15) is 59.2 Å². The largest absolute Gasteiger partial charge is 0.349 e. The highest BCUT2D eigenvalue weighted by Crippen LogP contribution is 2.26. The second kappa shape index (κ2) is 10.7. The van der Waals surface area contributed by atoms with Gasteiger partial charge in [-0.15, -0.1) is 0 Å². The number of carbonyl (C=O) groups is 2. The number of fused-ring (bicyclic) bond motifs is 1. The molecule has 0 unspecified atom stereocenters. The molecule has 8 heteroatoms. The third-order valence-corrected chi connectivity index (χ3v) is 7.27. The Labute approximate surface area is 219 Å². The summed E-state index contributed by atoms with van der Waals surface area (Å²) in [7, 11) is 0. The number of aromatic amines is 1. The fourth-order valence-corrected chi connectivity index (χ4v) is 4.83. The number of anilines is 1. The van der Waals surface area contributed by atoms with Gasteiger partial charge in [-0.2, -0.15) is 0 Å². The van der Waals surface area contributed by atoms with Crippen LogP contribution < -0.4 is 10.6 Å². The molecule has 2 amide bonds. The number of halogens is 2. The molecule has 184 valence electrons. The molecule has 1 aliphatic rings. The van der Waals surface area contributed by atoms with E-state index in [0.717, 1.165) is 29.4 Å². The van der Waals surface area contributed by atoms with Gasteiger partial charge in [0.05, 0.1) is 21.1 Å². The Morgan fingerprint density at radius 3 is 2.25 bits per heavy atom. The summed E-state index contributed by atoms with van der Waals surface area (Å²) in [6.45, 7) is 0. The third kappa shape index (κ3) is 5.55. The first-order chi connectivity index (χ1) is 17.5. The van der Waals surface area contributed by atoms with Crippen molar-refractivity contribution >= 4 is 51.7 Å². The SMILES string of the molecule is O=C(Nc1ccc(Cl)c(Cl)c1)c1ccc(-c2nc3cc(C(=O)NC4CCCCCC4)ccc3[nH]2)cc1. The molecular weight excluding hydrogens is 495 g/mol. The lowest BCUT2D eigenvalue weighted by Crippen LogP contribution is -2.34. The van der Waals surface area contributed by atoms with Gasteiger partial charge in [0.15, 0.2) is 0 Å². The van der Waals surface area contributed by atoms with Crippen LogP contribution in [0, 0.1) is 0 Å². The molecule has 1 aliphatic carbocycles. The Hall–Kier alpha value is -3.35. The molecule has 1 heterocycles. The number of nitrogens with zero attached hydrogens (tertiary/aromatic N) is 1. The summed E-state index contributed by atoms with van der Waals surface area (Å²) in [5.74, 6) is 0.363. The van der Waals surface area contributed by atoms with Crippen LogP contribution in [0.15, 0.2) is 60.7 Å². The monoisotopic (exact) mass is 520 g/mol. The number of rotatable bonds is 5. The van der Waals surface area contributed by atoms with Crippen molar-refractivity contribution in [1.29, 1.82) is 0 Å². The average molecular weight is 521 g/mol. The Morgan fingerprint density at radius 2 is 1.53 bits per heavy atom. The first-order valence-electron chi connectivity index (χ1n) is 12.1. The molecule has 5 rings (SSSR count). The highest BCUT2D eigenvalue weighted by Gasteiger charge is 2.17. The zero-order valence-corrected chi connectivity index (χ0v) is 21.1. The molecule has 0 atom stereocenters. The summed E-state index contributed by atoms with van der Waals surface area (Å²) < 4.78 is 0. The molecule has 4 aromatic rings. The van der Waals surface area contributed by atoms with Gasteiger partial charge in [-0.3, -0.25) is 9.59 Å². The van der Waals surface area contributed by atoms with Crippen molar-refractivity contribution in [3.05, 3.63) is 81.8 Å². The minimum Gasteiger partial charge on any atom is -0.349 e. The van der Waals surface area contributed by atoms with Gasteiger partial charge in [-0.1, -0.05) is 61.0 Å². The molecule has 0 spiro atoms. The van der Waals surface area contributed by atoms with E-state index in [1.165, 1.54) is 25.7 Å². The van der Waals surface area contributed by atoms with Crippen LogP contribution in [-0.2, 0) is 0 Å². The summed E-state index contributed by atoms with van der Waals surface area (Å²) in [6.07, 6.45) is 6.92. The summed E-state index contributed by atoms with van der Waals surface area (Å²) in [6, 6.07) is 17.9. The van der Waals surface area contributed by atoms with Crippen molar-refractivity contribution in [3.8, 4) is 11.4 Å². The van der Waals surface area contributed by atoms with Gasteiger partial charge >= 0.3 is 0 Å². The summed E-state index contributed by atoms with van der Waals surface area (Å²) >= 11 is 12.0. The van der Waals surface area contributed by atoms with Crippen LogP contribution in [0.3, 0.4) is 0 Å². The normalized spacial score (nSPS) is 14.4. The summed E-state index contributed by atoms with van der Waals surface area (Å²) in [5, 5.41) is 6.81. The number of aromatic nitrogens is 2. The van der Waals surface area contributed by atoms with E-state index in [-0.39, 0.29) is 17.9 Å². The molecule has 1 fully saturated rings. The van der Waals surface area contributed by atoms with Crippen molar-refractivity contribution in [1.82, 2.24) is 15.3 Å². The van der Waals surface area contributed by atoms with Crippen LogP contribution in [0.25, 0.3) is 22.4 Å². The van der Waals surface area contributed by atoms with E-state index in [4.69, 9.17) is 23.2 Å². The Bertz CT molecular complexity index is 1410. The van der Waals surface area contributed by atoms with Crippen LogP contribution in [0.5, 0.6) is 0 Å². The maximum absolute atomic E-state index is 12.8. The van der Waals surface area contributed by atoms with Gasteiger partial charge in [0.2, 0.25) is 0 Å². The molecule has 0 aliphatic heterocycles. The second-order valence-corrected chi connectivity index (χ2v) is 9.95. The second-order valence-electron chi connectivity index (χ2n) is 9.14. The highest BCUT2D eigenvalue weighted by atomic mass is 35.5. The van der Waals surface area contributed by atoms with Gasteiger partial charge < -0.3 is 15.6 Å². The van der Waals surface area contributed by atoms with Crippen LogP contribution in [0.4, 0.5) is 5.69 Å². The van der Waals surface area contributed by atoms with Crippen LogP contribution in [-0.4, -0.2) is 27.8 Å². The molecule has 1 aromatic heterocycles. The highest BCUT2D eigenvalue weighted by molar-refractivity contribution is 6.42. The van der Waals surface area contributed by atoms with Gasteiger partial charge in [0, 0.05) is 28.4 Å². The number of imidazole rings is 1. The van der Waals surface area contributed by atoms with Gasteiger partial charge in [-0.25, -0.2) is 4.98 Å². The standard InChI is InChI=1S/C28H26Cl2N4O2/c29-22-13-12-21(16-23(22)30)32-27(35)18-9-7-17(8-10-18)26-33-24-14-11-19(15-25(24)34-26)28(36)31-20-5-3-1-2-4-6-20/h7-16,20H,1-6H2,(H,31,36)(H,32,35)(H,33,34). The Kier molecular flexibility index (Phi) is 7.25. The summed E-state index contributed by atoms with van der Waals surface area (Å²) in [5.41, 5.74) is 4.08. The Morgan fingerprint density at radius 1 is 0.806 bits per heavy atom. The first kappa shape index (κ1) is 24.3. The van der Waals surface area contributed by atoms with E-state index in [0.29, 0.717) is 32.7 Å². The maximum Gasteiger partial charge on any atom is 0.255 e. The van der Waals surface area contributed by atoms with E-state index in [2.05, 4.69) is 20.6 Å². The number of carbonyl (C=O) groups excluding carboxylic acids is 2. The first-order valence-corrected chi connectivity index (χ1v) is 12.9. The molecular formula is C28H26Cl2N4O2. The molecule has 36 heavy (non-hydrogen) atoms. The fraction of sp³-hybridized carbons (Fsp3) is 0.250. The predicted octanol–water partition coefficient (Wildman–Crippen LogP) is 7.24. The van der Waals surface area contributed by atoms with Gasteiger partial charge in [0.25, 0.3) is 11.8 Å². The van der Waals surface area contributed by atoms with E-state index in [1.807, 2.05) is 30.3 Å². The lowest BCUT2D eigenvalue weighted by atomic mass is 10.1. The van der Waals surface area contributed by atoms with Gasteiger partial charge in [0.1, 0.15) is 5.82 Å². The zero-order valence-electron chi connectivity index (χ0n) is 19.6. The lowest BCUT2D eigenvalue weighted by Gasteiger charge is -2.16. The molecule has 0 saturated heterocycles. The van der Waals surface area contributed by atoms with Crippen molar-refractivity contribution in [3.63, 3.8) is 0 Å². The van der Waals surface area contributed by atoms with Crippen molar-refractivity contribution in [2.24, 2.45) is 0 Å². The minimum atomic E-state index is -0.256. The van der Waals surface area contributed by atoms with E-state index >= 15 is 0 Å². The lowest BCUT2D eigenvalue weighted by molar-refractivity contribution is 0.0932. The smallest absolute Gasteiger partial charge is 0.255 e. The summed E-state index contributed by atoms with van der Waals surface area (Å²) in [4.78, 5) is 33.4. The zero-order chi connectivity index (χ0) is 25.1. The number of hydrogen-bond donors (Lipinski definition) is 3. The van der Waals surface area contributed by atoms with E-state index < -0.39 is 0 Å². The van der Waals surface area contributed by atoms with Crippen molar-refractivity contribution in [2.75, 3.05) is 5.32 Å². The Balaban J connectivity index is 1.28. The predicted molar refractivity (Wildman–Crippen MR) is 145 cm³/mol. The molecule has 0 bridgehead atoms. The molecule has 1 saturated carbocycles. The fourth-order valence-electron chi connectivity index (χ4n) is 4.53. The van der Waals surface area contributed by atoms with Crippen molar-refractivity contribution < 1.29 is 9.59 Å². The number of benzene rings is 3. The topological polar surface area (TPSA) is 86.9 Å². The number of nitrogens with one attached hydrogen (secondary N) is 3. The van der Waals surface area contributed by atoms with Crippen molar-refractivity contribution in [2.45, 2.75) is 44.6 Å². The minimum absolute atomic E-state index is 0.0503. The third-order valence-electron chi connectivity index (χ3n) is 6.53. The molecule has 3 N–H and O–H groups in total. The van der Waals surface area contributed by atoms with Crippen LogP contribution >= 0.6 is 23.2 Å². The van der Waals surface area contributed by atoms with E-state index in [1.54, 1.807) is 30.3 Å². The number of amides is 2. The molecule has 3 aromatic carbocycles.